The first kappa shape index (κ1) is 19.2. The number of ether oxygens (including phenoxy) is 1. The second kappa shape index (κ2) is 8.46. The van der Waals surface area contributed by atoms with E-state index in [4.69, 9.17) is 4.74 Å². The lowest BCUT2D eigenvalue weighted by Gasteiger charge is -2.25. The highest BCUT2D eigenvalue weighted by Gasteiger charge is 2.23. The fourth-order valence-electron chi connectivity index (χ4n) is 4.41. The van der Waals surface area contributed by atoms with Gasteiger partial charge in [0.25, 0.3) is 0 Å². The second-order valence-electron chi connectivity index (χ2n) is 8.03. The Bertz CT molecular complexity index is 860. The highest BCUT2D eigenvalue weighted by Crippen LogP contribution is 2.24. The lowest BCUT2D eigenvalue weighted by Crippen LogP contribution is -2.33. The van der Waals surface area contributed by atoms with Crippen LogP contribution >= 0.6 is 0 Å². The van der Waals surface area contributed by atoms with Crippen molar-refractivity contribution in [2.24, 2.45) is 0 Å². The molecule has 2 aliphatic heterocycles. The maximum absolute atomic E-state index is 13.0. The van der Waals surface area contributed by atoms with E-state index >= 15 is 0 Å². The second-order valence-corrected chi connectivity index (χ2v) is 8.03. The number of aryl methyl sites for hydroxylation is 1. The van der Waals surface area contributed by atoms with E-state index in [1.54, 1.807) is 0 Å². The van der Waals surface area contributed by atoms with Gasteiger partial charge in [0.05, 0.1) is 12.6 Å². The zero-order valence-electron chi connectivity index (χ0n) is 17.0. The number of ketones is 1. The Morgan fingerprint density at radius 3 is 2.71 bits per heavy atom. The molecule has 0 aliphatic carbocycles. The van der Waals surface area contributed by atoms with Gasteiger partial charge in [0.2, 0.25) is 0 Å². The van der Waals surface area contributed by atoms with Gasteiger partial charge in [-0.25, -0.2) is 0 Å². The first-order valence-electron chi connectivity index (χ1n) is 10.4. The highest BCUT2D eigenvalue weighted by molar-refractivity contribution is 5.99. The number of rotatable bonds is 6. The van der Waals surface area contributed by atoms with E-state index in [1.807, 2.05) is 6.07 Å². The van der Waals surface area contributed by atoms with E-state index in [0.717, 1.165) is 62.5 Å². The number of carbonyl (C=O) groups excluding carboxylic acids is 1. The van der Waals surface area contributed by atoms with Gasteiger partial charge in [-0.2, -0.15) is 0 Å². The Morgan fingerprint density at radius 2 is 2.04 bits per heavy atom. The van der Waals surface area contributed by atoms with Gasteiger partial charge in [-0.1, -0.05) is 36.4 Å². The van der Waals surface area contributed by atoms with Crippen molar-refractivity contribution in [2.45, 2.75) is 45.8 Å². The molecule has 0 amide bonds. The third-order valence-electron chi connectivity index (χ3n) is 6.09. The molecule has 2 aromatic rings. The monoisotopic (exact) mass is 378 g/mol. The molecule has 1 atom stereocenters. The third kappa shape index (κ3) is 4.13. The molecule has 1 fully saturated rings. The minimum atomic E-state index is 0.225. The Balaban J connectivity index is 1.40. The van der Waals surface area contributed by atoms with Crippen LogP contribution in [0.5, 0.6) is 0 Å². The molecule has 0 N–H and O–H groups in total. The Labute approximate surface area is 167 Å². The van der Waals surface area contributed by atoms with Crippen LogP contribution in [0, 0.1) is 13.8 Å². The molecule has 28 heavy (non-hydrogen) atoms. The van der Waals surface area contributed by atoms with E-state index in [2.05, 4.69) is 59.7 Å². The van der Waals surface area contributed by atoms with Gasteiger partial charge in [0.15, 0.2) is 5.78 Å². The van der Waals surface area contributed by atoms with Gasteiger partial charge in [0.1, 0.15) is 0 Å². The van der Waals surface area contributed by atoms with Crippen LogP contribution in [0.4, 0.5) is 0 Å². The summed E-state index contributed by atoms with van der Waals surface area (Å²) in [6.45, 7) is 8.14. The summed E-state index contributed by atoms with van der Waals surface area (Å²) in [5, 5.41) is 0. The summed E-state index contributed by atoms with van der Waals surface area (Å²) in [6, 6.07) is 12.6. The van der Waals surface area contributed by atoms with Gasteiger partial charge in [-0.3, -0.25) is 9.69 Å². The maximum Gasteiger partial charge on any atom is 0.178 e. The van der Waals surface area contributed by atoms with Crippen LogP contribution < -0.4 is 0 Å². The summed E-state index contributed by atoms with van der Waals surface area (Å²) >= 11 is 0. The molecule has 0 radical (unpaired) electrons. The van der Waals surface area contributed by atoms with Gasteiger partial charge < -0.3 is 9.30 Å². The van der Waals surface area contributed by atoms with Gasteiger partial charge in [-0.15, -0.1) is 0 Å². The zero-order chi connectivity index (χ0) is 19.5. The van der Waals surface area contributed by atoms with Crippen molar-refractivity contribution < 1.29 is 9.53 Å². The average Bonchev–Trinajstić information content (AvgIpc) is 3.33. The molecular formula is C24H30N2O2. The predicted molar refractivity (Wildman–Crippen MR) is 113 cm³/mol. The number of nitrogens with zero attached hydrogens (tertiary/aromatic N) is 2. The number of hydrogen-bond donors (Lipinski definition) is 0. The van der Waals surface area contributed by atoms with Crippen LogP contribution in [0.3, 0.4) is 0 Å². The number of aromatic nitrogens is 1. The first-order valence-corrected chi connectivity index (χ1v) is 10.4. The summed E-state index contributed by atoms with van der Waals surface area (Å²) in [5.74, 6) is 0.225. The molecule has 0 bridgehead atoms. The van der Waals surface area contributed by atoms with Crippen LogP contribution in [0.2, 0.25) is 0 Å². The summed E-state index contributed by atoms with van der Waals surface area (Å²) in [4.78, 5) is 15.2. The summed E-state index contributed by atoms with van der Waals surface area (Å²) in [7, 11) is 0. The lowest BCUT2D eigenvalue weighted by atomic mass is 9.99. The minimum Gasteiger partial charge on any atom is -0.376 e. The smallest absolute Gasteiger partial charge is 0.178 e. The summed E-state index contributed by atoms with van der Waals surface area (Å²) < 4.78 is 8.04. The van der Waals surface area contributed by atoms with Crippen LogP contribution in [0.25, 0.3) is 5.57 Å². The summed E-state index contributed by atoms with van der Waals surface area (Å²) in [6.07, 6.45) is 5.81. The number of hydrogen-bond acceptors (Lipinski definition) is 3. The average molecular weight is 379 g/mol. The van der Waals surface area contributed by atoms with Crippen molar-refractivity contribution in [3.05, 3.63) is 65.0 Å². The molecule has 1 aromatic carbocycles. The molecule has 3 heterocycles. The SMILES string of the molecule is Cc1cc(C(=O)CN2CC=C(c3ccccc3)CC2)c(C)n1C[C@H]1CCCO1. The van der Waals surface area contributed by atoms with Gasteiger partial charge in [0, 0.05) is 43.2 Å². The van der Waals surface area contributed by atoms with Crippen molar-refractivity contribution in [3.8, 4) is 0 Å². The Hall–Kier alpha value is -2.17. The van der Waals surface area contributed by atoms with E-state index in [0.29, 0.717) is 6.54 Å². The molecule has 2 aliphatic rings. The molecule has 0 unspecified atom stereocenters. The van der Waals surface area contributed by atoms with Gasteiger partial charge >= 0.3 is 0 Å². The zero-order valence-corrected chi connectivity index (χ0v) is 17.0. The van der Waals surface area contributed by atoms with Gasteiger partial charge in [-0.05, 0) is 50.3 Å². The van der Waals surface area contributed by atoms with Crippen molar-refractivity contribution in [1.82, 2.24) is 9.47 Å². The Morgan fingerprint density at radius 1 is 1.21 bits per heavy atom. The fraction of sp³-hybridized carbons (Fsp3) is 0.458. The van der Waals surface area contributed by atoms with Crippen LogP contribution in [-0.4, -0.2) is 47.6 Å². The molecule has 0 spiro atoms. The van der Waals surface area contributed by atoms with E-state index < -0.39 is 0 Å². The number of carbonyl (C=O) groups is 1. The molecular weight excluding hydrogens is 348 g/mol. The molecule has 1 saturated heterocycles. The fourth-order valence-corrected chi connectivity index (χ4v) is 4.41. The largest absolute Gasteiger partial charge is 0.376 e. The van der Waals surface area contributed by atoms with E-state index in [-0.39, 0.29) is 11.9 Å². The number of Topliss-reactive ketones (excluding diaryl/α,β-unsaturated/α-hetero) is 1. The van der Waals surface area contributed by atoms with E-state index in [9.17, 15) is 4.79 Å². The normalized spacial score (nSPS) is 20.4. The van der Waals surface area contributed by atoms with Crippen LogP contribution in [0.15, 0.2) is 42.5 Å². The molecule has 4 rings (SSSR count). The molecule has 4 nitrogen and oxygen atoms in total. The molecule has 4 heteroatoms. The topological polar surface area (TPSA) is 34.5 Å². The van der Waals surface area contributed by atoms with Crippen LogP contribution in [0.1, 0.15) is 46.6 Å². The maximum atomic E-state index is 13.0. The third-order valence-corrected chi connectivity index (χ3v) is 6.09. The molecule has 148 valence electrons. The minimum absolute atomic E-state index is 0.225. The standard InChI is InChI=1S/C24H30N2O2/c1-18-15-23(19(2)26(18)16-22-9-6-14-28-22)24(27)17-25-12-10-21(11-13-25)20-7-4-3-5-8-20/h3-5,7-8,10,15,22H,6,9,11-14,16-17H2,1-2H3/t22-/m1/s1. The highest BCUT2D eigenvalue weighted by atomic mass is 16.5. The molecule has 1 aromatic heterocycles. The number of benzene rings is 1. The molecule has 0 saturated carbocycles. The van der Waals surface area contributed by atoms with Crippen molar-refractivity contribution in [2.75, 3.05) is 26.2 Å². The van der Waals surface area contributed by atoms with E-state index in [1.165, 1.54) is 11.1 Å². The summed E-state index contributed by atoms with van der Waals surface area (Å²) in [5.41, 5.74) is 5.79. The lowest BCUT2D eigenvalue weighted by molar-refractivity contribution is 0.0928. The van der Waals surface area contributed by atoms with Crippen molar-refractivity contribution >= 4 is 11.4 Å². The van der Waals surface area contributed by atoms with Crippen molar-refractivity contribution in [1.29, 1.82) is 0 Å². The predicted octanol–water partition coefficient (Wildman–Crippen LogP) is 4.26. The Kier molecular flexibility index (Phi) is 5.79. The first-order chi connectivity index (χ1) is 13.6. The van der Waals surface area contributed by atoms with Crippen LogP contribution in [-0.2, 0) is 11.3 Å². The quantitative estimate of drug-likeness (QED) is 0.705. The van der Waals surface area contributed by atoms with Crippen molar-refractivity contribution in [3.63, 3.8) is 0 Å².